The Hall–Kier alpha value is -1.41. The molecule has 1 heterocycles. The van der Waals surface area contributed by atoms with Crippen LogP contribution in [0.1, 0.15) is 23.9 Å². The van der Waals surface area contributed by atoms with Crippen molar-refractivity contribution in [2.24, 2.45) is 0 Å². The normalized spacial score (nSPS) is 11.1. The quantitative estimate of drug-likeness (QED) is 0.760. The molecule has 5 heteroatoms. The van der Waals surface area contributed by atoms with Crippen LogP contribution in [0.2, 0.25) is 0 Å². The molecule has 0 aliphatic heterocycles. The first kappa shape index (κ1) is 11.7. The Kier molecular flexibility index (Phi) is 3.10. The van der Waals surface area contributed by atoms with E-state index in [0.29, 0.717) is 11.4 Å². The van der Waals surface area contributed by atoms with Crippen LogP contribution in [-0.4, -0.2) is 19.2 Å². The lowest BCUT2D eigenvalue weighted by Crippen LogP contribution is -2.09. The van der Waals surface area contributed by atoms with Gasteiger partial charge in [0, 0.05) is 5.69 Å². The third-order valence-corrected chi connectivity index (χ3v) is 3.87. The summed E-state index contributed by atoms with van der Waals surface area (Å²) < 4.78 is 23.4. The molecule has 1 aromatic heterocycles. The van der Waals surface area contributed by atoms with Crippen LogP contribution in [-0.2, 0) is 9.84 Å². The lowest BCUT2D eigenvalue weighted by atomic mass is 10.2. The van der Waals surface area contributed by atoms with Crippen molar-refractivity contribution < 1.29 is 8.42 Å². The van der Waals surface area contributed by atoms with Crippen molar-refractivity contribution in [3.63, 3.8) is 0 Å². The molecule has 1 rings (SSSR count). The molecule has 0 fully saturated rings. The Morgan fingerprint density at radius 3 is 2.53 bits per heavy atom. The lowest BCUT2D eigenvalue weighted by Gasteiger charge is -2.07. The standard InChI is InChI=1S/C10H12N2O2S/c1-4-15(13,14)10-5-7(2)12-8(3)9(10)6-11/h5H,4H2,1-3H3. The number of rotatable bonds is 2. The highest BCUT2D eigenvalue weighted by atomic mass is 32.2. The molecule has 0 saturated carbocycles. The average Bonchev–Trinajstić information content (AvgIpc) is 2.16. The summed E-state index contributed by atoms with van der Waals surface area (Å²) in [5, 5.41) is 8.89. The highest BCUT2D eigenvalue weighted by molar-refractivity contribution is 7.91. The molecule has 0 unspecified atom stereocenters. The van der Waals surface area contributed by atoms with Crippen molar-refractivity contribution in [2.75, 3.05) is 5.75 Å². The van der Waals surface area contributed by atoms with Gasteiger partial charge in [-0.15, -0.1) is 0 Å². The zero-order chi connectivity index (χ0) is 11.6. The van der Waals surface area contributed by atoms with E-state index in [9.17, 15) is 8.42 Å². The van der Waals surface area contributed by atoms with Crippen LogP contribution < -0.4 is 0 Å². The molecule has 0 bridgehead atoms. The van der Waals surface area contributed by atoms with Crippen LogP contribution in [0.5, 0.6) is 0 Å². The minimum atomic E-state index is -3.35. The highest BCUT2D eigenvalue weighted by Gasteiger charge is 2.19. The van der Waals surface area contributed by atoms with Gasteiger partial charge in [-0.05, 0) is 19.9 Å². The highest BCUT2D eigenvalue weighted by Crippen LogP contribution is 2.19. The van der Waals surface area contributed by atoms with Gasteiger partial charge in [0.2, 0.25) is 0 Å². The minimum absolute atomic E-state index is 0.00935. The molecule has 1 aromatic rings. The maximum absolute atomic E-state index is 11.7. The average molecular weight is 224 g/mol. The van der Waals surface area contributed by atoms with Crippen LogP contribution in [0.4, 0.5) is 0 Å². The second kappa shape index (κ2) is 3.99. The smallest absolute Gasteiger partial charge is 0.179 e. The molecular formula is C10H12N2O2S. The summed E-state index contributed by atoms with van der Waals surface area (Å²) in [6.07, 6.45) is 0. The van der Waals surface area contributed by atoms with Crippen molar-refractivity contribution >= 4 is 9.84 Å². The van der Waals surface area contributed by atoms with Gasteiger partial charge in [-0.2, -0.15) is 5.26 Å². The Morgan fingerprint density at radius 2 is 2.07 bits per heavy atom. The minimum Gasteiger partial charge on any atom is -0.257 e. The fraction of sp³-hybridized carbons (Fsp3) is 0.400. The van der Waals surface area contributed by atoms with Crippen LogP contribution in [0, 0.1) is 25.2 Å². The van der Waals surface area contributed by atoms with Crippen LogP contribution in [0.15, 0.2) is 11.0 Å². The van der Waals surface area contributed by atoms with Gasteiger partial charge in [-0.3, -0.25) is 4.98 Å². The Bertz CT molecular complexity index is 527. The molecule has 0 amide bonds. The SMILES string of the molecule is CCS(=O)(=O)c1cc(C)nc(C)c1C#N. The summed E-state index contributed by atoms with van der Waals surface area (Å²) in [5.41, 5.74) is 1.23. The molecule has 0 N–H and O–H groups in total. The van der Waals surface area contributed by atoms with E-state index >= 15 is 0 Å². The van der Waals surface area contributed by atoms with E-state index in [-0.39, 0.29) is 16.2 Å². The van der Waals surface area contributed by atoms with E-state index in [1.807, 2.05) is 6.07 Å². The third kappa shape index (κ3) is 2.16. The summed E-state index contributed by atoms with van der Waals surface area (Å²) >= 11 is 0. The van der Waals surface area contributed by atoms with Crippen molar-refractivity contribution in [2.45, 2.75) is 25.7 Å². The lowest BCUT2D eigenvalue weighted by molar-refractivity contribution is 0.596. The second-order valence-electron chi connectivity index (χ2n) is 3.24. The number of pyridine rings is 1. The van der Waals surface area contributed by atoms with E-state index in [2.05, 4.69) is 4.98 Å². The maximum atomic E-state index is 11.7. The number of hydrogen-bond donors (Lipinski definition) is 0. The summed E-state index contributed by atoms with van der Waals surface area (Å²) in [6, 6.07) is 3.34. The van der Waals surface area contributed by atoms with Crippen LogP contribution in [0.25, 0.3) is 0 Å². The Labute approximate surface area is 89.5 Å². The monoisotopic (exact) mass is 224 g/mol. The first-order chi connectivity index (χ1) is 6.92. The fourth-order valence-corrected chi connectivity index (χ4v) is 2.50. The van der Waals surface area contributed by atoms with Crippen molar-refractivity contribution in [1.82, 2.24) is 4.98 Å². The fourth-order valence-electron chi connectivity index (χ4n) is 1.33. The Balaban J connectivity index is 3.63. The van der Waals surface area contributed by atoms with Gasteiger partial charge in [0.25, 0.3) is 0 Å². The zero-order valence-electron chi connectivity index (χ0n) is 8.90. The van der Waals surface area contributed by atoms with Gasteiger partial charge >= 0.3 is 0 Å². The number of aromatic nitrogens is 1. The molecule has 0 aliphatic rings. The topological polar surface area (TPSA) is 70.8 Å². The molecule has 0 radical (unpaired) electrons. The van der Waals surface area contributed by atoms with Crippen molar-refractivity contribution in [1.29, 1.82) is 5.26 Å². The number of hydrogen-bond acceptors (Lipinski definition) is 4. The van der Waals surface area contributed by atoms with Gasteiger partial charge in [0.1, 0.15) is 6.07 Å². The molecule has 80 valence electrons. The van der Waals surface area contributed by atoms with Crippen LogP contribution >= 0.6 is 0 Å². The number of sulfone groups is 1. The number of nitriles is 1. The number of aryl methyl sites for hydroxylation is 2. The molecule has 4 nitrogen and oxygen atoms in total. The Morgan fingerprint density at radius 1 is 1.47 bits per heavy atom. The van der Waals surface area contributed by atoms with Gasteiger partial charge in [-0.25, -0.2) is 8.42 Å². The zero-order valence-corrected chi connectivity index (χ0v) is 9.72. The van der Waals surface area contributed by atoms with Gasteiger partial charge in [0.05, 0.1) is 21.9 Å². The summed E-state index contributed by atoms with van der Waals surface area (Å²) in [4.78, 5) is 4.16. The molecular weight excluding hydrogens is 212 g/mol. The predicted molar refractivity (Wildman–Crippen MR) is 56.2 cm³/mol. The first-order valence-electron chi connectivity index (χ1n) is 4.53. The van der Waals surface area contributed by atoms with Gasteiger partial charge in [0.15, 0.2) is 9.84 Å². The van der Waals surface area contributed by atoms with E-state index in [1.54, 1.807) is 20.8 Å². The van der Waals surface area contributed by atoms with Crippen molar-refractivity contribution in [3.05, 3.63) is 23.0 Å². The maximum Gasteiger partial charge on any atom is 0.179 e. The second-order valence-corrected chi connectivity index (χ2v) is 5.48. The van der Waals surface area contributed by atoms with Gasteiger partial charge < -0.3 is 0 Å². The summed E-state index contributed by atoms with van der Waals surface area (Å²) in [5.74, 6) is -0.00935. The van der Waals surface area contributed by atoms with Crippen LogP contribution in [0.3, 0.4) is 0 Å². The van der Waals surface area contributed by atoms with Gasteiger partial charge in [-0.1, -0.05) is 6.92 Å². The molecule has 0 saturated heterocycles. The number of nitrogens with zero attached hydrogens (tertiary/aromatic N) is 2. The predicted octanol–water partition coefficient (Wildman–Crippen LogP) is 1.36. The van der Waals surface area contributed by atoms with E-state index in [0.717, 1.165) is 0 Å². The van der Waals surface area contributed by atoms with E-state index in [1.165, 1.54) is 6.07 Å². The van der Waals surface area contributed by atoms with E-state index in [4.69, 9.17) is 5.26 Å². The first-order valence-corrected chi connectivity index (χ1v) is 6.18. The molecule has 0 atom stereocenters. The largest absolute Gasteiger partial charge is 0.257 e. The summed E-state index contributed by atoms with van der Waals surface area (Å²) in [6.45, 7) is 4.91. The van der Waals surface area contributed by atoms with Crippen molar-refractivity contribution in [3.8, 4) is 6.07 Å². The van der Waals surface area contributed by atoms with E-state index < -0.39 is 9.84 Å². The third-order valence-electron chi connectivity index (χ3n) is 2.12. The molecule has 0 aliphatic carbocycles. The summed E-state index contributed by atoms with van der Waals surface area (Å²) in [7, 11) is -3.35. The molecule has 0 aromatic carbocycles. The molecule has 0 spiro atoms. The molecule has 15 heavy (non-hydrogen) atoms.